The topological polar surface area (TPSA) is 46.9 Å². The Hall–Kier alpha value is -1.39. The van der Waals surface area contributed by atoms with Gasteiger partial charge in [-0.15, -0.1) is 0 Å². The van der Waals surface area contributed by atoms with Gasteiger partial charge in [-0.25, -0.2) is 4.98 Å². The minimum absolute atomic E-state index is 0.0440. The minimum atomic E-state index is -0.0440. The van der Waals surface area contributed by atoms with Crippen LogP contribution in [0.15, 0.2) is 29.3 Å². The number of aromatic nitrogens is 2. The molecule has 5 heteroatoms. The summed E-state index contributed by atoms with van der Waals surface area (Å²) in [6.07, 6.45) is 2.73. The highest BCUT2D eigenvalue weighted by Crippen LogP contribution is 2.18. The zero-order valence-electron chi connectivity index (χ0n) is 9.90. The third kappa shape index (κ3) is 2.02. The molecule has 3 rings (SSSR count). The van der Waals surface area contributed by atoms with Crippen molar-refractivity contribution < 1.29 is 0 Å². The monoisotopic (exact) mass is 263 g/mol. The molecule has 1 unspecified atom stereocenters. The van der Waals surface area contributed by atoms with Crippen LogP contribution in [-0.2, 0) is 6.54 Å². The zero-order chi connectivity index (χ0) is 12.5. The molecule has 1 fully saturated rings. The summed E-state index contributed by atoms with van der Waals surface area (Å²) in [7, 11) is 0. The lowest BCUT2D eigenvalue weighted by Gasteiger charge is -2.11. The van der Waals surface area contributed by atoms with E-state index in [0.717, 1.165) is 19.5 Å². The van der Waals surface area contributed by atoms with Crippen LogP contribution in [0.5, 0.6) is 0 Å². The van der Waals surface area contributed by atoms with Crippen LogP contribution in [0.4, 0.5) is 0 Å². The van der Waals surface area contributed by atoms with Crippen molar-refractivity contribution in [3.8, 4) is 0 Å². The molecule has 0 aliphatic carbocycles. The molecule has 0 saturated carbocycles. The first-order valence-electron chi connectivity index (χ1n) is 6.10. The standard InChI is InChI=1S/C13H14ClN3O/c14-10-2-1-3-11-12(10)13(18)17(8-16-11)7-9-4-5-15-6-9/h1-3,8-9,15H,4-7H2. The number of nitrogens with zero attached hydrogens (tertiary/aromatic N) is 2. The van der Waals surface area contributed by atoms with E-state index in [1.807, 2.05) is 12.1 Å². The Bertz CT molecular complexity index is 632. The van der Waals surface area contributed by atoms with Crippen LogP contribution in [0.3, 0.4) is 0 Å². The van der Waals surface area contributed by atoms with Crippen molar-refractivity contribution in [1.29, 1.82) is 0 Å². The van der Waals surface area contributed by atoms with Gasteiger partial charge in [0.05, 0.1) is 22.3 Å². The van der Waals surface area contributed by atoms with Gasteiger partial charge in [0.1, 0.15) is 0 Å². The van der Waals surface area contributed by atoms with E-state index in [1.165, 1.54) is 0 Å². The Morgan fingerprint density at radius 1 is 1.50 bits per heavy atom. The summed E-state index contributed by atoms with van der Waals surface area (Å²) in [6.45, 7) is 2.70. The molecule has 0 spiro atoms. The van der Waals surface area contributed by atoms with E-state index in [1.54, 1.807) is 17.0 Å². The summed E-state index contributed by atoms with van der Waals surface area (Å²) in [5.41, 5.74) is 0.616. The van der Waals surface area contributed by atoms with Crippen molar-refractivity contribution in [3.63, 3.8) is 0 Å². The van der Waals surface area contributed by atoms with Gasteiger partial charge in [-0.05, 0) is 37.6 Å². The second kappa shape index (κ2) is 4.71. The first-order valence-corrected chi connectivity index (χ1v) is 6.48. The number of fused-ring (bicyclic) bond motifs is 1. The van der Waals surface area contributed by atoms with Crippen molar-refractivity contribution in [1.82, 2.24) is 14.9 Å². The van der Waals surface area contributed by atoms with E-state index in [0.29, 0.717) is 28.4 Å². The van der Waals surface area contributed by atoms with Crippen LogP contribution in [0.2, 0.25) is 5.02 Å². The van der Waals surface area contributed by atoms with Gasteiger partial charge < -0.3 is 5.32 Å². The van der Waals surface area contributed by atoms with Gasteiger partial charge in [0.25, 0.3) is 5.56 Å². The molecule has 4 nitrogen and oxygen atoms in total. The molecule has 94 valence electrons. The predicted molar refractivity (Wildman–Crippen MR) is 72.0 cm³/mol. The lowest BCUT2D eigenvalue weighted by molar-refractivity contribution is 0.470. The van der Waals surface area contributed by atoms with Crippen LogP contribution in [-0.4, -0.2) is 22.6 Å². The molecule has 1 N–H and O–H groups in total. The second-order valence-electron chi connectivity index (χ2n) is 4.69. The van der Waals surface area contributed by atoms with Gasteiger partial charge in [-0.1, -0.05) is 17.7 Å². The predicted octanol–water partition coefficient (Wildman–Crippen LogP) is 1.66. The first kappa shape index (κ1) is 11.7. The maximum Gasteiger partial charge on any atom is 0.262 e. The summed E-state index contributed by atoms with van der Waals surface area (Å²) >= 11 is 6.09. The number of halogens is 1. The van der Waals surface area contributed by atoms with Gasteiger partial charge >= 0.3 is 0 Å². The molecule has 1 aliphatic rings. The molecular weight excluding hydrogens is 250 g/mol. The van der Waals surface area contributed by atoms with Crippen LogP contribution < -0.4 is 10.9 Å². The number of rotatable bonds is 2. The van der Waals surface area contributed by atoms with Gasteiger partial charge in [0.15, 0.2) is 0 Å². The highest BCUT2D eigenvalue weighted by atomic mass is 35.5. The molecule has 0 bridgehead atoms. The van der Waals surface area contributed by atoms with Gasteiger partial charge in [-0.2, -0.15) is 0 Å². The average molecular weight is 264 g/mol. The molecule has 1 saturated heterocycles. The summed E-state index contributed by atoms with van der Waals surface area (Å²) in [4.78, 5) is 16.7. The number of nitrogens with one attached hydrogen (secondary N) is 1. The van der Waals surface area contributed by atoms with E-state index in [9.17, 15) is 4.79 Å². The van der Waals surface area contributed by atoms with E-state index >= 15 is 0 Å². The van der Waals surface area contributed by atoms with E-state index in [4.69, 9.17) is 11.6 Å². The SMILES string of the molecule is O=c1c2c(Cl)cccc2ncn1CC1CCNC1. The van der Waals surface area contributed by atoms with Crippen LogP contribution in [0.25, 0.3) is 10.9 Å². The summed E-state index contributed by atoms with van der Waals surface area (Å²) in [5.74, 6) is 0.504. The third-order valence-electron chi connectivity index (χ3n) is 3.42. The molecular formula is C13H14ClN3O. The highest BCUT2D eigenvalue weighted by Gasteiger charge is 2.16. The van der Waals surface area contributed by atoms with E-state index < -0.39 is 0 Å². The molecule has 1 aliphatic heterocycles. The third-order valence-corrected chi connectivity index (χ3v) is 3.73. The Balaban J connectivity index is 2.05. The fourth-order valence-electron chi connectivity index (χ4n) is 2.44. The largest absolute Gasteiger partial charge is 0.316 e. The maximum absolute atomic E-state index is 12.4. The fourth-order valence-corrected chi connectivity index (χ4v) is 2.69. The van der Waals surface area contributed by atoms with Crippen molar-refractivity contribution in [2.75, 3.05) is 13.1 Å². The van der Waals surface area contributed by atoms with E-state index in [-0.39, 0.29) is 5.56 Å². The molecule has 1 atom stereocenters. The molecule has 1 aromatic heterocycles. The van der Waals surface area contributed by atoms with Crippen LogP contribution >= 0.6 is 11.6 Å². The molecule has 18 heavy (non-hydrogen) atoms. The Morgan fingerprint density at radius 3 is 3.17 bits per heavy atom. The Kier molecular flexibility index (Phi) is 3.06. The molecule has 1 aromatic carbocycles. The number of hydrogen-bond donors (Lipinski definition) is 1. The lowest BCUT2D eigenvalue weighted by Crippen LogP contribution is -2.25. The van der Waals surface area contributed by atoms with Crippen molar-refractivity contribution in [2.24, 2.45) is 5.92 Å². The summed E-state index contributed by atoms with van der Waals surface area (Å²) < 4.78 is 1.67. The average Bonchev–Trinajstić information content (AvgIpc) is 2.86. The van der Waals surface area contributed by atoms with Crippen LogP contribution in [0, 0.1) is 5.92 Å². The maximum atomic E-state index is 12.4. The zero-order valence-corrected chi connectivity index (χ0v) is 10.7. The van der Waals surface area contributed by atoms with Gasteiger partial charge in [0, 0.05) is 6.54 Å². The van der Waals surface area contributed by atoms with E-state index in [2.05, 4.69) is 10.3 Å². The smallest absolute Gasteiger partial charge is 0.262 e. The number of hydrogen-bond acceptors (Lipinski definition) is 3. The van der Waals surface area contributed by atoms with Gasteiger partial charge in [0.2, 0.25) is 0 Å². The van der Waals surface area contributed by atoms with Crippen molar-refractivity contribution in [2.45, 2.75) is 13.0 Å². The summed E-state index contributed by atoms with van der Waals surface area (Å²) in [6, 6.07) is 5.35. The normalized spacial score (nSPS) is 19.5. The minimum Gasteiger partial charge on any atom is -0.316 e. The fraction of sp³-hybridized carbons (Fsp3) is 0.385. The lowest BCUT2D eigenvalue weighted by atomic mass is 10.1. The first-order chi connectivity index (χ1) is 8.75. The highest BCUT2D eigenvalue weighted by molar-refractivity contribution is 6.35. The summed E-state index contributed by atoms with van der Waals surface area (Å²) in [5, 5.41) is 4.30. The Labute approximate surface area is 110 Å². The molecule has 2 heterocycles. The molecule has 0 radical (unpaired) electrons. The van der Waals surface area contributed by atoms with Crippen molar-refractivity contribution in [3.05, 3.63) is 39.9 Å². The molecule has 0 amide bonds. The second-order valence-corrected chi connectivity index (χ2v) is 5.10. The number of benzene rings is 1. The van der Waals surface area contributed by atoms with Crippen molar-refractivity contribution >= 4 is 22.5 Å². The van der Waals surface area contributed by atoms with Gasteiger partial charge in [-0.3, -0.25) is 9.36 Å². The molecule has 2 aromatic rings. The Morgan fingerprint density at radius 2 is 2.39 bits per heavy atom. The van der Waals surface area contributed by atoms with Crippen LogP contribution in [0.1, 0.15) is 6.42 Å². The quantitative estimate of drug-likeness (QED) is 0.896.